The van der Waals surface area contributed by atoms with Crippen LogP contribution in [0.4, 0.5) is 4.79 Å². The summed E-state index contributed by atoms with van der Waals surface area (Å²) in [6.07, 6.45) is 4.40. The summed E-state index contributed by atoms with van der Waals surface area (Å²) in [6, 6.07) is -0.764. The molecule has 0 radical (unpaired) electrons. The number of nitrogens with zero attached hydrogens (tertiary/aromatic N) is 2. The van der Waals surface area contributed by atoms with Gasteiger partial charge in [-0.3, -0.25) is 4.90 Å². The van der Waals surface area contributed by atoms with Gasteiger partial charge in [0.2, 0.25) is 0 Å². The van der Waals surface area contributed by atoms with Gasteiger partial charge in [0, 0.05) is 18.8 Å². The normalized spacial score (nSPS) is 31.2. The van der Waals surface area contributed by atoms with E-state index in [1.165, 1.54) is 6.42 Å². The Morgan fingerprint density at radius 1 is 1.30 bits per heavy atom. The van der Waals surface area contributed by atoms with Crippen LogP contribution in [-0.2, 0) is 4.79 Å². The topological polar surface area (TPSA) is 60.9 Å². The van der Waals surface area contributed by atoms with Crippen molar-refractivity contribution in [2.45, 2.75) is 50.9 Å². The van der Waals surface area contributed by atoms with Crippen LogP contribution in [0.25, 0.3) is 0 Å². The zero-order chi connectivity index (χ0) is 14.7. The lowest BCUT2D eigenvalue weighted by atomic mass is 9.98. The van der Waals surface area contributed by atoms with Gasteiger partial charge in [-0.15, -0.1) is 11.8 Å². The number of thioether (sulfide) groups is 1. The average molecular weight is 300 g/mol. The molecule has 20 heavy (non-hydrogen) atoms. The Balaban J connectivity index is 2.04. The number of hydrogen-bond acceptors (Lipinski definition) is 3. The number of urea groups is 1. The predicted octanol–water partition coefficient (Wildman–Crippen LogP) is 2.47. The molecule has 2 amide bonds. The van der Waals surface area contributed by atoms with Crippen LogP contribution in [0.3, 0.4) is 0 Å². The first-order chi connectivity index (χ1) is 9.54. The molecule has 0 saturated carbocycles. The molecule has 0 aromatic rings. The van der Waals surface area contributed by atoms with Gasteiger partial charge in [0.1, 0.15) is 6.04 Å². The first-order valence-corrected chi connectivity index (χ1v) is 8.51. The summed E-state index contributed by atoms with van der Waals surface area (Å²) < 4.78 is 0. The van der Waals surface area contributed by atoms with Crippen LogP contribution in [0.2, 0.25) is 0 Å². The quantitative estimate of drug-likeness (QED) is 0.851. The van der Waals surface area contributed by atoms with Gasteiger partial charge in [0.05, 0.1) is 5.37 Å². The molecule has 1 N–H and O–H groups in total. The molecule has 114 valence electrons. The molecule has 3 atom stereocenters. The van der Waals surface area contributed by atoms with E-state index in [1.807, 2.05) is 11.8 Å². The van der Waals surface area contributed by atoms with Gasteiger partial charge in [-0.1, -0.05) is 13.3 Å². The summed E-state index contributed by atoms with van der Waals surface area (Å²) in [5.74, 6) is 0.304. The summed E-state index contributed by atoms with van der Waals surface area (Å²) >= 11 is 1.54. The van der Waals surface area contributed by atoms with E-state index < -0.39 is 12.0 Å². The van der Waals surface area contributed by atoms with Crippen LogP contribution in [-0.4, -0.2) is 57.2 Å². The van der Waals surface area contributed by atoms with E-state index in [2.05, 4.69) is 6.92 Å². The molecule has 2 heterocycles. The van der Waals surface area contributed by atoms with Crippen molar-refractivity contribution in [1.82, 2.24) is 9.80 Å². The van der Waals surface area contributed by atoms with Crippen LogP contribution in [0, 0.1) is 5.92 Å². The summed E-state index contributed by atoms with van der Waals surface area (Å²) in [5, 5.41) is 9.21. The van der Waals surface area contributed by atoms with E-state index in [0.29, 0.717) is 11.7 Å². The third kappa shape index (κ3) is 3.22. The van der Waals surface area contributed by atoms with Crippen molar-refractivity contribution in [3.8, 4) is 0 Å². The Morgan fingerprint density at radius 2 is 2.05 bits per heavy atom. The minimum atomic E-state index is -0.892. The highest BCUT2D eigenvalue weighted by molar-refractivity contribution is 8.00. The Morgan fingerprint density at radius 3 is 2.70 bits per heavy atom. The molecule has 2 aliphatic heterocycles. The number of carboxylic acids is 1. The van der Waals surface area contributed by atoms with Crippen molar-refractivity contribution in [1.29, 1.82) is 0 Å². The molecule has 0 bridgehead atoms. The summed E-state index contributed by atoms with van der Waals surface area (Å²) in [4.78, 5) is 27.3. The van der Waals surface area contributed by atoms with Gasteiger partial charge in [-0.05, 0) is 32.1 Å². The highest BCUT2D eigenvalue weighted by Gasteiger charge is 2.41. The van der Waals surface area contributed by atoms with E-state index in [4.69, 9.17) is 0 Å². The molecule has 0 spiro atoms. The summed E-state index contributed by atoms with van der Waals surface area (Å²) in [5.41, 5.74) is 0. The van der Waals surface area contributed by atoms with Gasteiger partial charge < -0.3 is 10.0 Å². The Labute approximate surface area is 124 Å². The molecule has 6 heteroatoms. The largest absolute Gasteiger partial charge is 0.480 e. The number of likely N-dealkylation sites (tertiary alicyclic amines) is 1. The molecular formula is C14H24N2O3S. The maximum absolute atomic E-state index is 12.6. The number of amides is 2. The number of aliphatic carboxylic acids is 1. The zero-order valence-electron chi connectivity index (χ0n) is 12.2. The molecular weight excluding hydrogens is 276 g/mol. The van der Waals surface area contributed by atoms with Crippen LogP contribution in [0.5, 0.6) is 0 Å². The standard InChI is InChI=1S/C14H24N2O3S/c1-3-11-5-4-7-15(8-6-11)14(19)16-10(2)20-9-12(16)13(17)18/h10-12H,3-9H2,1-2H3,(H,17,18). The second-order valence-corrected chi connectivity index (χ2v) is 7.02. The molecule has 2 aliphatic rings. The summed E-state index contributed by atoms with van der Waals surface area (Å²) in [6.45, 7) is 5.63. The first kappa shape index (κ1) is 15.5. The third-order valence-corrected chi connectivity index (χ3v) is 5.64. The Bertz CT molecular complexity index is 377. The fourth-order valence-corrected chi connectivity index (χ4v) is 4.21. The van der Waals surface area contributed by atoms with Gasteiger partial charge in [0.15, 0.2) is 0 Å². The minimum absolute atomic E-state index is 0.0474. The average Bonchev–Trinajstić information content (AvgIpc) is 2.66. The van der Waals surface area contributed by atoms with Crippen LogP contribution in [0.1, 0.15) is 39.5 Å². The highest BCUT2D eigenvalue weighted by Crippen LogP contribution is 2.31. The Kier molecular flexibility index (Phi) is 5.18. The highest BCUT2D eigenvalue weighted by atomic mass is 32.2. The third-order valence-electron chi connectivity index (χ3n) is 4.42. The lowest BCUT2D eigenvalue weighted by molar-refractivity contribution is -0.141. The van der Waals surface area contributed by atoms with Gasteiger partial charge in [0.25, 0.3) is 0 Å². The molecule has 5 nitrogen and oxygen atoms in total. The molecule has 2 fully saturated rings. The second-order valence-electron chi connectivity index (χ2n) is 5.67. The fraction of sp³-hybridized carbons (Fsp3) is 0.857. The number of hydrogen-bond donors (Lipinski definition) is 1. The first-order valence-electron chi connectivity index (χ1n) is 7.46. The number of rotatable bonds is 2. The van der Waals surface area contributed by atoms with Gasteiger partial charge in [-0.25, -0.2) is 9.59 Å². The fourth-order valence-electron chi connectivity index (χ4n) is 3.05. The number of carbonyl (C=O) groups excluding carboxylic acids is 1. The lowest BCUT2D eigenvalue weighted by Gasteiger charge is -2.31. The monoisotopic (exact) mass is 300 g/mol. The van der Waals surface area contributed by atoms with Crippen molar-refractivity contribution < 1.29 is 14.7 Å². The molecule has 0 aromatic carbocycles. The van der Waals surface area contributed by atoms with Crippen molar-refractivity contribution in [2.75, 3.05) is 18.8 Å². The van der Waals surface area contributed by atoms with E-state index in [1.54, 1.807) is 16.7 Å². The van der Waals surface area contributed by atoms with E-state index in [9.17, 15) is 14.7 Å². The van der Waals surface area contributed by atoms with Gasteiger partial charge >= 0.3 is 12.0 Å². The molecule has 0 aliphatic carbocycles. The van der Waals surface area contributed by atoms with Crippen molar-refractivity contribution in [2.24, 2.45) is 5.92 Å². The smallest absolute Gasteiger partial charge is 0.327 e. The van der Waals surface area contributed by atoms with Crippen LogP contribution in [0.15, 0.2) is 0 Å². The molecule has 2 saturated heterocycles. The second kappa shape index (κ2) is 6.70. The van der Waals surface area contributed by atoms with E-state index in [-0.39, 0.29) is 11.4 Å². The zero-order valence-corrected chi connectivity index (χ0v) is 13.1. The minimum Gasteiger partial charge on any atom is -0.480 e. The van der Waals surface area contributed by atoms with Gasteiger partial charge in [-0.2, -0.15) is 0 Å². The molecule has 0 aromatic heterocycles. The maximum atomic E-state index is 12.6. The SMILES string of the molecule is CCC1CCCN(C(=O)N2C(C)SCC2C(=O)O)CC1. The van der Waals surface area contributed by atoms with Crippen molar-refractivity contribution in [3.63, 3.8) is 0 Å². The maximum Gasteiger partial charge on any atom is 0.327 e. The predicted molar refractivity (Wildman–Crippen MR) is 79.8 cm³/mol. The van der Waals surface area contributed by atoms with Crippen molar-refractivity contribution in [3.05, 3.63) is 0 Å². The number of carbonyl (C=O) groups is 2. The lowest BCUT2D eigenvalue weighted by Crippen LogP contribution is -2.51. The van der Waals surface area contributed by atoms with Crippen molar-refractivity contribution >= 4 is 23.8 Å². The summed E-state index contributed by atoms with van der Waals surface area (Å²) in [7, 11) is 0. The molecule has 2 rings (SSSR count). The van der Waals surface area contributed by atoms with E-state index >= 15 is 0 Å². The number of carboxylic acid groups (broad SMARTS) is 1. The van der Waals surface area contributed by atoms with Crippen LogP contribution < -0.4 is 0 Å². The van der Waals surface area contributed by atoms with E-state index in [0.717, 1.165) is 32.4 Å². The molecule has 3 unspecified atom stereocenters. The van der Waals surface area contributed by atoms with Crippen LogP contribution >= 0.6 is 11.8 Å². The Hall–Kier alpha value is -0.910.